The van der Waals surface area contributed by atoms with Gasteiger partial charge in [-0.05, 0) is 37.6 Å². The first-order valence-electron chi connectivity index (χ1n) is 8.29. The van der Waals surface area contributed by atoms with Crippen LogP contribution in [0.5, 0.6) is 0 Å². The molecule has 0 radical (unpaired) electrons. The third-order valence-corrected chi connectivity index (χ3v) is 4.56. The van der Waals surface area contributed by atoms with Crippen molar-refractivity contribution < 1.29 is 9.59 Å². The second-order valence-electron chi connectivity index (χ2n) is 5.92. The van der Waals surface area contributed by atoms with Gasteiger partial charge in [-0.15, -0.1) is 5.10 Å². The van der Waals surface area contributed by atoms with E-state index in [1.54, 1.807) is 11.0 Å². The summed E-state index contributed by atoms with van der Waals surface area (Å²) in [6.07, 6.45) is 1.59. The van der Waals surface area contributed by atoms with Gasteiger partial charge in [0.1, 0.15) is 6.33 Å². The van der Waals surface area contributed by atoms with Crippen LogP contribution in [0.25, 0.3) is 5.69 Å². The second kappa shape index (κ2) is 8.50. The zero-order valence-corrected chi connectivity index (χ0v) is 15.8. The fraction of sp³-hybridized carbons (Fsp3) is 0.158. The predicted molar refractivity (Wildman–Crippen MR) is 105 cm³/mol. The van der Waals surface area contributed by atoms with E-state index in [4.69, 9.17) is 0 Å². The molecule has 8 heteroatoms. The molecule has 0 bridgehead atoms. The highest BCUT2D eigenvalue weighted by Crippen LogP contribution is 2.16. The summed E-state index contributed by atoms with van der Waals surface area (Å²) in [6, 6.07) is 14.7. The van der Waals surface area contributed by atoms with Gasteiger partial charge in [0.05, 0.1) is 11.4 Å². The molecule has 1 heterocycles. The molecule has 0 fully saturated rings. The van der Waals surface area contributed by atoms with Crippen LogP contribution in [-0.4, -0.2) is 32.5 Å². The Kier molecular flexibility index (Phi) is 5.87. The maximum absolute atomic E-state index is 12.0. The summed E-state index contributed by atoms with van der Waals surface area (Å²) in [5.41, 5.74) is 3.59. The molecule has 7 nitrogen and oxygen atoms in total. The topological polar surface area (TPSA) is 88.9 Å². The normalized spacial score (nSPS) is 10.4. The standard InChI is InChI=1S/C19H19N5O2S/c1-13-8-9-16(14(2)10-13)21-18(26)22-17(25)11-27-19-20-12-24(23-19)15-6-4-3-5-7-15/h3-10,12H,11H2,1-2H3,(H2,21,22,25,26). The van der Waals surface area contributed by atoms with E-state index in [0.29, 0.717) is 10.8 Å². The molecule has 138 valence electrons. The largest absolute Gasteiger partial charge is 0.325 e. The highest BCUT2D eigenvalue weighted by molar-refractivity contribution is 7.99. The van der Waals surface area contributed by atoms with Gasteiger partial charge in [-0.3, -0.25) is 10.1 Å². The van der Waals surface area contributed by atoms with Crippen LogP contribution in [-0.2, 0) is 4.79 Å². The Balaban J connectivity index is 1.49. The lowest BCUT2D eigenvalue weighted by atomic mass is 10.1. The minimum atomic E-state index is -0.560. The number of urea groups is 1. The maximum Gasteiger partial charge on any atom is 0.325 e. The summed E-state index contributed by atoms with van der Waals surface area (Å²) in [6.45, 7) is 3.87. The van der Waals surface area contributed by atoms with E-state index in [-0.39, 0.29) is 5.75 Å². The number of carbonyl (C=O) groups excluding carboxylic acids is 2. The van der Waals surface area contributed by atoms with Gasteiger partial charge in [0.25, 0.3) is 0 Å². The molecular weight excluding hydrogens is 362 g/mol. The molecule has 0 spiro atoms. The van der Waals surface area contributed by atoms with Crippen LogP contribution in [0, 0.1) is 13.8 Å². The predicted octanol–water partition coefficient (Wildman–Crippen LogP) is 3.32. The van der Waals surface area contributed by atoms with Crippen molar-refractivity contribution in [3.63, 3.8) is 0 Å². The lowest BCUT2D eigenvalue weighted by Gasteiger charge is -2.09. The van der Waals surface area contributed by atoms with E-state index in [1.165, 1.54) is 0 Å². The number of carbonyl (C=O) groups is 2. The van der Waals surface area contributed by atoms with Crippen molar-refractivity contribution in [1.82, 2.24) is 20.1 Å². The van der Waals surface area contributed by atoms with Crippen LogP contribution >= 0.6 is 11.8 Å². The van der Waals surface area contributed by atoms with Crippen molar-refractivity contribution in [2.75, 3.05) is 11.1 Å². The molecule has 3 amide bonds. The van der Waals surface area contributed by atoms with Gasteiger partial charge in [-0.25, -0.2) is 14.5 Å². The highest BCUT2D eigenvalue weighted by Gasteiger charge is 2.11. The highest BCUT2D eigenvalue weighted by atomic mass is 32.2. The van der Waals surface area contributed by atoms with Gasteiger partial charge in [-0.2, -0.15) is 0 Å². The smallest absolute Gasteiger partial charge is 0.307 e. The SMILES string of the molecule is Cc1ccc(NC(=O)NC(=O)CSc2ncn(-c3ccccc3)n2)c(C)c1. The lowest BCUT2D eigenvalue weighted by molar-refractivity contribution is -0.117. The van der Waals surface area contributed by atoms with E-state index in [0.717, 1.165) is 28.6 Å². The van der Waals surface area contributed by atoms with E-state index in [1.807, 2.05) is 62.4 Å². The van der Waals surface area contributed by atoms with Crippen molar-refractivity contribution in [2.24, 2.45) is 0 Å². The molecule has 0 aliphatic heterocycles. The number of imide groups is 1. The number of thioether (sulfide) groups is 1. The summed E-state index contributed by atoms with van der Waals surface area (Å²) < 4.78 is 1.63. The van der Waals surface area contributed by atoms with Crippen LogP contribution in [0.15, 0.2) is 60.0 Å². The van der Waals surface area contributed by atoms with Crippen molar-refractivity contribution >= 4 is 29.4 Å². The van der Waals surface area contributed by atoms with Gasteiger partial charge >= 0.3 is 6.03 Å². The number of aryl methyl sites for hydroxylation is 2. The minimum absolute atomic E-state index is 0.0408. The lowest BCUT2D eigenvalue weighted by Crippen LogP contribution is -2.35. The summed E-state index contributed by atoms with van der Waals surface area (Å²) in [5, 5.41) is 9.75. The monoisotopic (exact) mass is 381 g/mol. The van der Waals surface area contributed by atoms with Gasteiger partial charge in [0.15, 0.2) is 0 Å². The van der Waals surface area contributed by atoms with Crippen LogP contribution < -0.4 is 10.6 Å². The van der Waals surface area contributed by atoms with Crippen molar-refractivity contribution in [3.8, 4) is 5.69 Å². The third-order valence-electron chi connectivity index (χ3n) is 3.71. The van der Waals surface area contributed by atoms with Crippen LogP contribution in [0.2, 0.25) is 0 Å². The molecule has 1 aromatic heterocycles. The van der Waals surface area contributed by atoms with Crippen molar-refractivity contribution in [1.29, 1.82) is 0 Å². The molecule has 27 heavy (non-hydrogen) atoms. The Hall–Kier alpha value is -3.13. The number of hydrogen-bond donors (Lipinski definition) is 2. The number of nitrogens with zero attached hydrogens (tertiary/aromatic N) is 3. The van der Waals surface area contributed by atoms with Crippen molar-refractivity contribution in [2.45, 2.75) is 19.0 Å². The first-order chi connectivity index (χ1) is 13.0. The van der Waals surface area contributed by atoms with Crippen LogP contribution in [0.3, 0.4) is 0 Å². The minimum Gasteiger partial charge on any atom is -0.307 e. The molecule has 2 N–H and O–H groups in total. The maximum atomic E-state index is 12.0. The Morgan fingerprint density at radius 2 is 1.89 bits per heavy atom. The Morgan fingerprint density at radius 3 is 2.63 bits per heavy atom. The number of amides is 3. The Labute approximate surface area is 161 Å². The fourth-order valence-electron chi connectivity index (χ4n) is 2.42. The molecule has 0 unspecified atom stereocenters. The van der Waals surface area contributed by atoms with Gasteiger partial charge in [0.2, 0.25) is 11.1 Å². The summed E-state index contributed by atoms with van der Waals surface area (Å²) in [5.74, 6) is -0.377. The number of benzene rings is 2. The van der Waals surface area contributed by atoms with Gasteiger partial charge < -0.3 is 5.32 Å². The fourth-order valence-corrected chi connectivity index (χ4v) is 3.02. The molecular formula is C19H19N5O2S. The number of aromatic nitrogens is 3. The summed E-state index contributed by atoms with van der Waals surface area (Å²) >= 11 is 1.16. The Bertz CT molecular complexity index is 956. The van der Waals surface area contributed by atoms with Gasteiger partial charge in [0, 0.05) is 5.69 Å². The molecule has 0 aliphatic rings. The van der Waals surface area contributed by atoms with E-state index in [9.17, 15) is 9.59 Å². The third kappa shape index (κ3) is 5.18. The molecule has 2 aromatic carbocycles. The molecule has 0 atom stereocenters. The molecule has 0 aliphatic carbocycles. The number of rotatable bonds is 5. The second-order valence-corrected chi connectivity index (χ2v) is 6.86. The van der Waals surface area contributed by atoms with Crippen LogP contribution in [0.4, 0.5) is 10.5 Å². The number of anilines is 1. The zero-order valence-electron chi connectivity index (χ0n) is 15.0. The zero-order chi connectivity index (χ0) is 19.2. The van der Waals surface area contributed by atoms with Crippen LogP contribution in [0.1, 0.15) is 11.1 Å². The molecule has 0 saturated heterocycles. The van der Waals surface area contributed by atoms with E-state index >= 15 is 0 Å². The first kappa shape index (κ1) is 18.7. The average molecular weight is 381 g/mol. The molecule has 3 aromatic rings. The van der Waals surface area contributed by atoms with E-state index in [2.05, 4.69) is 20.7 Å². The summed E-state index contributed by atoms with van der Waals surface area (Å²) in [4.78, 5) is 28.1. The summed E-state index contributed by atoms with van der Waals surface area (Å²) in [7, 11) is 0. The quantitative estimate of drug-likeness (QED) is 0.662. The molecule has 0 saturated carbocycles. The van der Waals surface area contributed by atoms with Crippen molar-refractivity contribution in [3.05, 3.63) is 66.0 Å². The first-order valence-corrected chi connectivity index (χ1v) is 9.28. The number of para-hydroxylation sites is 1. The number of hydrogen-bond acceptors (Lipinski definition) is 5. The molecule has 3 rings (SSSR count). The number of nitrogens with one attached hydrogen (secondary N) is 2. The van der Waals surface area contributed by atoms with Gasteiger partial charge in [-0.1, -0.05) is 47.7 Å². The Morgan fingerprint density at radius 1 is 1.11 bits per heavy atom. The van der Waals surface area contributed by atoms with E-state index < -0.39 is 11.9 Å². The average Bonchev–Trinajstić information content (AvgIpc) is 3.12.